The lowest BCUT2D eigenvalue weighted by Gasteiger charge is -2.30. The zero-order valence-electron chi connectivity index (χ0n) is 14.8. The molecular weight excluding hydrogens is 306 g/mol. The van der Waals surface area contributed by atoms with Gasteiger partial charge in [0.15, 0.2) is 0 Å². The summed E-state index contributed by atoms with van der Waals surface area (Å²) in [7, 11) is 0. The second-order valence-corrected chi connectivity index (χ2v) is 7.34. The summed E-state index contributed by atoms with van der Waals surface area (Å²) in [5, 5.41) is 2.63. The SMILES string of the molecule is CC1(C)Cc2c(ccc3ccccc23)C(COCc2ccccc2)=N1. The normalized spacial score (nSPS) is 15.7. The minimum Gasteiger partial charge on any atom is -0.370 e. The molecule has 1 aliphatic rings. The molecule has 0 N–H and O–H groups in total. The molecule has 1 aliphatic heterocycles. The number of aliphatic imine (C=N–C) groups is 1. The molecule has 4 rings (SSSR count). The zero-order valence-corrected chi connectivity index (χ0v) is 14.8. The molecule has 0 spiro atoms. The number of nitrogens with zero attached hydrogens (tertiary/aromatic N) is 1. The number of hydrogen-bond donors (Lipinski definition) is 0. The van der Waals surface area contributed by atoms with Crippen molar-refractivity contribution in [2.75, 3.05) is 6.61 Å². The van der Waals surface area contributed by atoms with Crippen molar-refractivity contribution in [2.24, 2.45) is 4.99 Å². The van der Waals surface area contributed by atoms with E-state index in [1.807, 2.05) is 18.2 Å². The van der Waals surface area contributed by atoms with Gasteiger partial charge in [-0.15, -0.1) is 0 Å². The van der Waals surface area contributed by atoms with Crippen LogP contribution in [-0.4, -0.2) is 17.9 Å². The summed E-state index contributed by atoms with van der Waals surface area (Å²) in [5.74, 6) is 0. The first kappa shape index (κ1) is 16.0. The van der Waals surface area contributed by atoms with E-state index in [2.05, 4.69) is 62.4 Å². The molecule has 3 aromatic rings. The Balaban J connectivity index is 1.63. The highest BCUT2D eigenvalue weighted by Crippen LogP contribution is 2.32. The molecule has 126 valence electrons. The van der Waals surface area contributed by atoms with E-state index in [4.69, 9.17) is 9.73 Å². The molecule has 2 nitrogen and oxygen atoms in total. The average molecular weight is 329 g/mol. The van der Waals surface area contributed by atoms with Crippen molar-refractivity contribution in [3.63, 3.8) is 0 Å². The van der Waals surface area contributed by atoms with Crippen LogP contribution in [0.1, 0.15) is 30.5 Å². The average Bonchev–Trinajstić information content (AvgIpc) is 2.61. The molecule has 3 aromatic carbocycles. The van der Waals surface area contributed by atoms with Gasteiger partial charge >= 0.3 is 0 Å². The van der Waals surface area contributed by atoms with Gasteiger partial charge < -0.3 is 4.74 Å². The van der Waals surface area contributed by atoms with Crippen molar-refractivity contribution in [3.05, 3.63) is 83.4 Å². The first-order chi connectivity index (χ1) is 12.1. The predicted octanol–water partition coefficient (Wildman–Crippen LogP) is 5.18. The van der Waals surface area contributed by atoms with E-state index >= 15 is 0 Å². The van der Waals surface area contributed by atoms with E-state index < -0.39 is 0 Å². The highest BCUT2D eigenvalue weighted by atomic mass is 16.5. The highest BCUT2D eigenvalue weighted by Gasteiger charge is 2.27. The van der Waals surface area contributed by atoms with Crippen molar-refractivity contribution >= 4 is 16.5 Å². The van der Waals surface area contributed by atoms with Crippen molar-refractivity contribution in [1.29, 1.82) is 0 Å². The van der Waals surface area contributed by atoms with Crippen molar-refractivity contribution in [3.8, 4) is 0 Å². The zero-order chi connectivity index (χ0) is 17.3. The molecule has 0 fully saturated rings. The molecule has 1 heterocycles. The van der Waals surface area contributed by atoms with Gasteiger partial charge in [-0.25, -0.2) is 0 Å². The minimum absolute atomic E-state index is 0.0947. The Hall–Kier alpha value is -2.45. The fourth-order valence-electron chi connectivity index (χ4n) is 3.64. The number of rotatable bonds is 4. The van der Waals surface area contributed by atoms with Gasteiger partial charge in [-0.1, -0.05) is 66.7 Å². The van der Waals surface area contributed by atoms with Gasteiger partial charge in [0.2, 0.25) is 0 Å². The Morgan fingerprint density at radius 1 is 0.880 bits per heavy atom. The number of ether oxygens (including phenoxy) is 1. The predicted molar refractivity (Wildman–Crippen MR) is 104 cm³/mol. The standard InChI is InChI=1S/C23H23NO/c1-23(2)14-21-19-11-7-6-10-18(19)12-13-20(21)22(24-23)16-25-15-17-8-4-3-5-9-17/h3-13H,14-16H2,1-2H3. The van der Waals surface area contributed by atoms with E-state index in [-0.39, 0.29) is 5.54 Å². The van der Waals surface area contributed by atoms with Crippen LogP contribution in [0.5, 0.6) is 0 Å². The molecule has 0 bridgehead atoms. The summed E-state index contributed by atoms with van der Waals surface area (Å²) in [4.78, 5) is 4.99. The van der Waals surface area contributed by atoms with Gasteiger partial charge in [0, 0.05) is 5.56 Å². The smallest absolute Gasteiger partial charge is 0.0894 e. The van der Waals surface area contributed by atoms with Crippen LogP contribution >= 0.6 is 0 Å². The van der Waals surface area contributed by atoms with E-state index in [0.29, 0.717) is 13.2 Å². The molecule has 0 saturated heterocycles. The maximum absolute atomic E-state index is 5.99. The van der Waals surface area contributed by atoms with Gasteiger partial charge in [0.1, 0.15) is 0 Å². The Morgan fingerprint density at radius 3 is 2.48 bits per heavy atom. The summed E-state index contributed by atoms with van der Waals surface area (Å²) < 4.78 is 5.99. The Bertz CT molecular complexity index is 925. The molecule has 25 heavy (non-hydrogen) atoms. The fraction of sp³-hybridized carbons (Fsp3) is 0.261. The highest BCUT2D eigenvalue weighted by molar-refractivity contribution is 6.07. The van der Waals surface area contributed by atoms with Gasteiger partial charge in [-0.05, 0) is 42.2 Å². The molecule has 0 unspecified atom stereocenters. The van der Waals surface area contributed by atoms with Crippen molar-refractivity contribution in [1.82, 2.24) is 0 Å². The van der Waals surface area contributed by atoms with Crippen LogP contribution in [0.2, 0.25) is 0 Å². The quantitative estimate of drug-likeness (QED) is 0.646. The van der Waals surface area contributed by atoms with Gasteiger partial charge in [0.25, 0.3) is 0 Å². The van der Waals surface area contributed by atoms with Crippen LogP contribution in [-0.2, 0) is 17.8 Å². The largest absolute Gasteiger partial charge is 0.370 e. The molecule has 0 radical (unpaired) electrons. The maximum Gasteiger partial charge on any atom is 0.0894 e. The Kier molecular flexibility index (Phi) is 4.14. The van der Waals surface area contributed by atoms with E-state index in [0.717, 1.165) is 12.1 Å². The number of fused-ring (bicyclic) bond motifs is 3. The first-order valence-electron chi connectivity index (χ1n) is 8.84. The van der Waals surface area contributed by atoms with Gasteiger partial charge in [0.05, 0.1) is 24.5 Å². The Labute approximate surface area is 149 Å². The van der Waals surface area contributed by atoms with Crippen LogP contribution in [0.25, 0.3) is 10.8 Å². The molecule has 0 amide bonds. The summed E-state index contributed by atoms with van der Waals surface area (Å²) in [6.07, 6.45) is 0.964. The second-order valence-electron chi connectivity index (χ2n) is 7.34. The fourth-order valence-corrected chi connectivity index (χ4v) is 3.64. The third-order valence-electron chi connectivity index (χ3n) is 4.75. The molecular formula is C23H23NO. The lowest BCUT2D eigenvalue weighted by molar-refractivity contribution is 0.157. The van der Waals surface area contributed by atoms with Crippen LogP contribution in [0.3, 0.4) is 0 Å². The number of hydrogen-bond acceptors (Lipinski definition) is 2. The monoisotopic (exact) mass is 329 g/mol. The summed E-state index contributed by atoms with van der Waals surface area (Å²) >= 11 is 0. The third-order valence-corrected chi connectivity index (χ3v) is 4.75. The van der Waals surface area contributed by atoms with Gasteiger partial charge in [-0.2, -0.15) is 0 Å². The third kappa shape index (κ3) is 3.35. The van der Waals surface area contributed by atoms with E-state index in [1.165, 1.54) is 27.5 Å². The molecule has 0 aliphatic carbocycles. The minimum atomic E-state index is -0.0947. The maximum atomic E-state index is 5.99. The van der Waals surface area contributed by atoms with Crippen LogP contribution in [0.4, 0.5) is 0 Å². The number of benzene rings is 3. The van der Waals surface area contributed by atoms with Gasteiger partial charge in [-0.3, -0.25) is 4.99 Å². The summed E-state index contributed by atoms with van der Waals surface area (Å²) in [6, 6.07) is 23.3. The molecule has 0 aromatic heterocycles. The first-order valence-corrected chi connectivity index (χ1v) is 8.84. The second kappa shape index (κ2) is 6.45. The van der Waals surface area contributed by atoms with Crippen LogP contribution in [0.15, 0.2) is 71.7 Å². The Morgan fingerprint density at radius 2 is 1.64 bits per heavy atom. The lowest BCUT2D eigenvalue weighted by atomic mass is 9.84. The summed E-state index contributed by atoms with van der Waals surface area (Å²) in [5.41, 5.74) is 4.80. The topological polar surface area (TPSA) is 21.6 Å². The molecule has 2 heteroatoms. The van der Waals surface area contributed by atoms with E-state index in [9.17, 15) is 0 Å². The van der Waals surface area contributed by atoms with Crippen LogP contribution in [0, 0.1) is 0 Å². The van der Waals surface area contributed by atoms with Crippen LogP contribution < -0.4 is 0 Å². The lowest BCUT2D eigenvalue weighted by Crippen LogP contribution is -2.31. The molecule has 0 atom stereocenters. The summed E-state index contributed by atoms with van der Waals surface area (Å²) in [6.45, 7) is 5.57. The van der Waals surface area contributed by atoms with Crippen molar-refractivity contribution < 1.29 is 4.74 Å². The van der Waals surface area contributed by atoms with Crippen molar-refractivity contribution in [2.45, 2.75) is 32.4 Å². The molecule has 0 saturated carbocycles. The van der Waals surface area contributed by atoms with E-state index in [1.54, 1.807) is 0 Å².